The average molecular weight is 230 g/mol. The van der Waals surface area contributed by atoms with Gasteiger partial charge in [0.15, 0.2) is 0 Å². The number of hydrogen-bond acceptors (Lipinski definition) is 4. The van der Waals surface area contributed by atoms with Gasteiger partial charge in [0.05, 0.1) is 12.2 Å². The molecule has 0 aromatic carbocycles. The lowest BCUT2D eigenvalue weighted by Crippen LogP contribution is -2.44. The summed E-state index contributed by atoms with van der Waals surface area (Å²) >= 11 is 0. The van der Waals surface area contributed by atoms with E-state index in [2.05, 4.69) is 5.32 Å². The molecule has 0 aliphatic heterocycles. The molecule has 1 fully saturated rings. The second kappa shape index (κ2) is 7.22. The van der Waals surface area contributed by atoms with Crippen LogP contribution in [0.2, 0.25) is 0 Å². The van der Waals surface area contributed by atoms with Gasteiger partial charge in [-0.05, 0) is 26.9 Å². The molecule has 0 bridgehead atoms. The Labute approximate surface area is 98.6 Å². The molecule has 1 aliphatic rings. The van der Waals surface area contributed by atoms with E-state index in [9.17, 15) is 10.2 Å². The zero-order valence-corrected chi connectivity index (χ0v) is 10.5. The summed E-state index contributed by atoms with van der Waals surface area (Å²) in [5.74, 6) is 0. The summed E-state index contributed by atoms with van der Waals surface area (Å²) < 4.78 is 0. The third-order valence-corrected chi connectivity index (χ3v) is 3.17. The Hall–Kier alpha value is -0.160. The molecule has 0 spiro atoms. The molecule has 0 saturated heterocycles. The molecule has 0 heterocycles. The summed E-state index contributed by atoms with van der Waals surface area (Å²) in [7, 11) is 3.90. The molecule has 96 valence electrons. The van der Waals surface area contributed by atoms with Crippen molar-refractivity contribution in [2.45, 2.75) is 50.4 Å². The van der Waals surface area contributed by atoms with E-state index in [-0.39, 0.29) is 18.2 Å². The zero-order chi connectivity index (χ0) is 12.0. The average Bonchev–Trinajstić information content (AvgIpc) is 2.39. The molecule has 4 heteroatoms. The Balaban J connectivity index is 2.24. The molecule has 0 amide bonds. The lowest BCUT2D eigenvalue weighted by Gasteiger charge is -2.24. The first-order chi connectivity index (χ1) is 7.59. The SMILES string of the molecule is CN(C)CC(O)CNC1CCCCCC1O. The van der Waals surface area contributed by atoms with E-state index in [4.69, 9.17) is 0 Å². The summed E-state index contributed by atoms with van der Waals surface area (Å²) in [4.78, 5) is 1.97. The molecule has 0 aromatic heterocycles. The van der Waals surface area contributed by atoms with Crippen molar-refractivity contribution < 1.29 is 10.2 Å². The van der Waals surface area contributed by atoms with Crippen molar-refractivity contribution >= 4 is 0 Å². The molecule has 0 radical (unpaired) electrons. The number of nitrogens with one attached hydrogen (secondary N) is 1. The molecular formula is C12H26N2O2. The van der Waals surface area contributed by atoms with Crippen LogP contribution in [0.15, 0.2) is 0 Å². The van der Waals surface area contributed by atoms with Crippen molar-refractivity contribution in [1.82, 2.24) is 10.2 Å². The molecule has 3 N–H and O–H groups in total. The van der Waals surface area contributed by atoms with Gasteiger partial charge in [-0.25, -0.2) is 0 Å². The number of aliphatic hydroxyl groups excluding tert-OH is 2. The zero-order valence-electron chi connectivity index (χ0n) is 10.5. The molecule has 1 saturated carbocycles. The topological polar surface area (TPSA) is 55.7 Å². The van der Waals surface area contributed by atoms with Crippen molar-refractivity contribution in [2.75, 3.05) is 27.2 Å². The van der Waals surface area contributed by atoms with Crippen LogP contribution >= 0.6 is 0 Å². The second-order valence-electron chi connectivity index (χ2n) is 5.14. The summed E-state index contributed by atoms with van der Waals surface area (Å²) in [5, 5.41) is 22.9. The minimum absolute atomic E-state index is 0.166. The maximum absolute atomic E-state index is 9.89. The molecular weight excluding hydrogens is 204 g/mol. The van der Waals surface area contributed by atoms with Crippen LogP contribution in [0.5, 0.6) is 0 Å². The van der Waals surface area contributed by atoms with Crippen LogP contribution in [0.25, 0.3) is 0 Å². The van der Waals surface area contributed by atoms with E-state index >= 15 is 0 Å². The fourth-order valence-corrected chi connectivity index (χ4v) is 2.30. The van der Waals surface area contributed by atoms with Crippen molar-refractivity contribution in [3.05, 3.63) is 0 Å². The normalized spacial score (nSPS) is 29.1. The van der Waals surface area contributed by atoms with Crippen LogP contribution < -0.4 is 5.32 Å². The highest BCUT2D eigenvalue weighted by Crippen LogP contribution is 2.17. The number of hydrogen-bond donors (Lipinski definition) is 3. The first-order valence-corrected chi connectivity index (χ1v) is 6.34. The standard InChI is InChI=1S/C12H26N2O2/c1-14(2)9-10(15)8-13-11-6-4-3-5-7-12(11)16/h10-13,15-16H,3-9H2,1-2H3. The quantitative estimate of drug-likeness (QED) is 0.590. The van der Waals surface area contributed by atoms with E-state index in [0.29, 0.717) is 13.1 Å². The van der Waals surface area contributed by atoms with Crippen LogP contribution in [0.4, 0.5) is 0 Å². The van der Waals surface area contributed by atoms with Crippen molar-refractivity contribution in [3.8, 4) is 0 Å². The molecule has 1 rings (SSSR count). The van der Waals surface area contributed by atoms with Crippen LogP contribution in [0.3, 0.4) is 0 Å². The van der Waals surface area contributed by atoms with Crippen LogP contribution in [-0.4, -0.2) is 60.5 Å². The van der Waals surface area contributed by atoms with Gasteiger partial charge in [0.1, 0.15) is 0 Å². The van der Waals surface area contributed by atoms with Gasteiger partial charge < -0.3 is 20.4 Å². The van der Waals surface area contributed by atoms with Crippen LogP contribution in [-0.2, 0) is 0 Å². The van der Waals surface area contributed by atoms with E-state index in [1.165, 1.54) is 12.8 Å². The third-order valence-electron chi connectivity index (χ3n) is 3.17. The summed E-state index contributed by atoms with van der Waals surface area (Å²) in [6, 6.07) is 0.166. The highest BCUT2D eigenvalue weighted by atomic mass is 16.3. The number of nitrogens with zero attached hydrogens (tertiary/aromatic N) is 1. The van der Waals surface area contributed by atoms with E-state index in [0.717, 1.165) is 19.3 Å². The van der Waals surface area contributed by atoms with Gasteiger partial charge in [-0.2, -0.15) is 0 Å². The van der Waals surface area contributed by atoms with E-state index in [1.54, 1.807) is 0 Å². The van der Waals surface area contributed by atoms with E-state index in [1.807, 2.05) is 19.0 Å². The molecule has 3 atom stereocenters. The van der Waals surface area contributed by atoms with Crippen LogP contribution in [0, 0.1) is 0 Å². The Morgan fingerprint density at radius 3 is 2.62 bits per heavy atom. The summed E-state index contributed by atoms with van der Waals surface area (Å²) in [6.07, 6.45) is 4.84. The Morgan fingerprint density at radius 1 is 1.25 bits per heavy atom. The predicted molar refractivity (Wildman–Crippen MR) is 65.4 cm³/mol. The molecule has 3 unspecified atom stereocenters. The number of likely N-dealkylation sites (N-methyl/N-ethyl adjacent to an activating group) is 1. The molecule has 4 nitrogen and oxygen atoms in total. The minimum Gasteiger partial charge on any atom is -0.392 e. The first kappa shape index (κ1) is 13.9. The van der Waals surface area contributed by atoms with Crippen molar-refractivity contribution in [3.63, 3.8) is 0 Å². The highest BCUT2D eigenvalue weighted by Gasteiger charge is 2.21. The lowest BCUT2D eigenvalue weighted by atomic mass is 10.1. The molecule has 16 heavy (non-hydrogen) atoms. The largest absolute Gasteiger partial charge is 0.392 e. The number of rotatable bonds is 5. The third kappa shape index (κ3) is 5.25. The van der Waals surface area contributed by atoms with E-state index < -0.39 is 0 Å². The Kier molecular flexibility index (Phi) is 6.28. The Morgan fingerprint density at radius 2 is 1.94 bits per heavy atom. The summed E-state index contributed by atoms with van der Waals surface area (Å²) in [6.45, 7) is 1.23. The van der Waals surface area contributed by atoms with Crippen LogP contribution in [0.1, 0.15) is 32.1 Å². The van der Waals surface area contributed by atoms with Gasteiger partial charge in [-0.15, -0.1) is 0 Å². The first-order valence-electron chi connectivity index (χ1n) is 6.34. The fraction of sp³-hybridized carbons (Fsp3) is 1.00. The maximum atomic E-state index is 9.89. The minimum atomic E-state index is -0.356. The van der Waals surface area contributed by atoms with Gasteiger partial charge in [0.2, 0.25) is 0 Å². The van der Waals surface area contributed by atoms with Gasteiger partial charge in [-0.3, -0.25) is 0 Å². The second-order valence-corrected chi connectivity index (χ2v) is 5.14. The smallest absolute Gasteiger partial charge is 0.0791 e. The van der Waals surface area contributed by atoms with Crippen molar-refractivity contribution in [1.29, 1.82) is 0 Å². The van der Waals surface area contributed by atoms with Crippen molar-refractivity contribution in [2.24, 2.45) is 0 Å². The predicted octanol–water partition coefficient (Wildman–Crippen LogP) is 0.192. The highest BCUT2D eigenvalue weighted by molar-refractivity contribution is 4.80. The maximum Gasteiger partial charge on any atom is 0.0791 e. The molecule has 0 aromatic rings. The van der Waals surface area contributed by atoms with Gasteiger partial charge in [0.25, 0.3) is 0 Å². The summed E-state index contributed by atoms with van der Waals surface area (Å²) in [5.41, 5.74) is 0. The number of aliphatic hydroxyl groups is 2. The lowest BCUT2D eigenvalue weighted by molar-refractivity contribution is 0.0950. The fourth-order valence-electron chi connectivity index (χ4n) is 2.30. The molecule has 1 aliphatic carbocycles. The monoisotopic (exact) mass is 230 g/mol. The van der Waals surface area contributed by atoms with Gasteiger partial charge in [-0.1, -0.05) is 19.3 Å². The van der Waals surface area contributed by atoms with Gasteiger partial charge in [0, 0.05) is 19.1 Å². The Bertz CT molecular complexity index is 188. The van der Waals surface area contributed by atoms with Gasteiger partial charge >= 0.3 is 0 Å².